The first-order valence-corrected chi connectivity index (χ1v) is 9.28. The van der Waals surface area contributed by atoms with Crippen LogP contribution in [0.25, 0.3) is 0 Å². The van der Waals surface area contributed by atoms with Crippen molar-refractivity contribution >= 4 is 16.1 Å². The second-order valence-corrected chi connectivity index (χ2v) is 8.58. The van der Waals surface area contributed by atoms with Crippen molar-refractivity contribution in [3.05, 3.63) is 35.9 Å². The molecule has 2 rings (SSSR count). The minimum absolute atomic E-state index is 0.0136. The van der Waals surface area contributed by atoms with Crippen molar-refractivity contribution in [1.29, 1.82) is 0 Å². The van der Waals surface area contributed by atoms with Crippen LogP contribution >= 0.6 is 0 Å². The molecular formula is C16H24N2O4S. The fourth-order valence-corrected chi connectivity index (χ4v) is 3.87. The molecule has 1 amide bonds. The molecule has 1 heterocycles. The molecular weight excluding hydrogens is 316 g/mol. The lowest BCUT2D eigenvalue weighted by molar-refractivity contribution is 0.0192. The van der Waals surface area contributed by atoms with E-state index in [0.29, 0.717) is 26.2 Å². The molecule has 0 spiro atoms. The molecule has 0 N–H and O–H groups in total. The van der Waals surface area contributed by atoms with E-state index in [9.17, 15) is 13.2 Å². The number of rotatable bonds is 3. The van der Waals surface area contributed by atoms with Crippen LogP contribution in [0, 0.1) is 0 Å². The first-order valence-electron chi connectivity index (χ1n) is 7.67. The van der Waals surface area contributed by atoms with E-state index in [1.807, 2.05) is 39.0 Å². The van der Waals surface area contributed by atoms with Gasteiger partial charge in [-0.2, -0.15) is 4.31 Å². The molecule has 1 aliphatic rings. The van der Waals surface area contributed by atoms with Crippen molar-refractivity contribution < 1.29 is 17.9 Å². The molecule has 1 fully saturated rings. The summed E-state index contributed by atoms with van der Waals surface area (Å²) >= 11 is 0. The largest absolute Gasteiger partial charge is 0.444 e. The van der Waals surface area contributed by atoms with Crippen molar-refractivity contribution in [1.82, 2.24) is 9.21 Å². The lowest BCUT2D eigenvalue weighted by Crippen LogP contribution is -2.51. The maximum atomic E-state index is 12.5. The first kappa shape index (κ1) is 17.7. The van der Waals surface area contributed by atoms with Crippen molar-refractivity contribution in [3.8, 4) is 0 Å². The predicted octanol–water partition coefficient (Wildman–Crippen LogP) is 2.07. The summed E-state index contributed by atoms with van der Waals surface area (Å²) in [5.74, 6) is -0.0136. The fourth-order valence-electron chi connectivity index (χ4n) is 2.35. The SMILES string of the molecule is CC(C)(C)OC(=O)N1CCN(S(=O)(=O)Cc2ccccc2)CC1. The molecule has 7 heteroatoms. The predicted molar refractivity (Wildman–Crippen MR) is 88.4 cm³/mol. The van der Waals surface area contributed by atoms with E-state index < -0.39 is 21.7 Å². The van der Waals surface area contributed by atoms with Gasteiger partial charge in [-0.05, 0) is 26.3 Å². The van der Waals surface area contributed by atoms with Crippen LogP contribution in [0.4, 0.5) is 4.79 Å². The van der Waals surface area contributed by atoms with Gasteiger partial charge in [-0.15, -0.1) is 0 Å². The summed E-state index contributed by atoms with van der Waals surface area (Å²) < 4.78 is 31.7. The van der Waals surface area contributed by atoms with Crippen LogP contribution in [0.5, 0.6) is 0 Å². The summed E-state index contributed by atoms with van der Waals surface area (Å²) in [4.78, 5) is 13.6. The average molecular weight is 340 g/mol. The van der Waals surface area contributed by atoms with E-state index >= 15 is 0 Å². The molecule has 0 aromatic heterocycles. The third-order valence-electron chi connectivity index (χ3n) is 3.48. The minimum Gasteiger partial charge on any atom is -0.444 e. The Morgan fingerprint density at radius 2 is 1.65 bits per heavy atom. The number of sulfonamides is 1. The number of carbonyl (C=O) groups excluding carboxylic acids is 1. The van der Waals surface area contributed by atoms with Crippen molar-refractivity contribution in [2.45, 2.75) is 32.1 Å². The average Bonchev–Trinajstić information content (AvgIpc) is 2.46. The summed E-state index contributed by atoms with van der Waals surface area (Å²) in [6.07, 6.45) is -0.391. The molecule has 23 heavy (non-hydrogen) atoms. The van der Waals surface area contributed by atoms with Crippen LogP contribution < -0.4 is 0 Å². The number of hydrogen-bond donors (Lipinski definition) is 0. The number of piperazine rings is 1. The van der Waals surface area contributed by atoms with Gasteiger partial charge >= 0.3 is 6.09 Å². The van der Waals surface area contributed by atoms with Gasteiger partial charge in [0.05, 0.1) is 5.75 Å². The maximum absolute atomic E-state index is 12.5. The van der Waals surface area contributed by atoms with Gasteiger partial charge in [0.2, 0.25) is 10.0 Å². The smallest absolute Gasteiger partial charge is 0.410 e. The lowest BCUT2D eigenvalue weighted by atomic mass is 10.2. The monoisotopic (exact) mass is 340 g/mol. The van der Waals surface area contributed by atoms with Gasteiger partial charge in [0.15, 0.2) is 0 Å². The molecule has 0 saturated carbocycles. The van der Waals surface area contributed by atoms with Gasteiger partial charge in [0.1, 0.15) is 5.60 Å². The summed E-state index contributed by atoms with van der Waals surface area (Å²) in [6.45, 7) is 6.73. The zero-order chi connectivity index (χ0) is 17.1. The standard InChI is InChI=1S/C16H24N2O4S/c1-16(2,3)22-15(19)17-9-11-18(12-10-17)23(20,21)13-14-7-5-4-6-8-14/h4-8H,9-13H2,1-3H3. The quantitative estimate of drug-likeness (QED) is 0.845. The lowest BCUT2D eigenvalue weighted by Gasteiger charge is -2.35. The molecule has 0 bridgehead atoms. The maximum Gasteiger partial charge on any atom is 0.410 e. The molecule has 6 nitrogen and oxygen atoms in total. The van der Waals surface area contributed by atoms with E-state index in [4.69, 9.17) is 4.74 Å². The van der Waals surface area contributed by atoms with E-state index in [1.165, 1.54) is 4.31 Å². The van der Waals surface area contributed by atoms with Gasteiger partial charge in [0, 0.05) is 26.2 Å². The molecule has 1 aromatic rings. The fraction of sp³-hybridized carbons (Fsp3) is 0.562. The first-order chi connectivity index (χ1) is 10.7. The molecule has 1 aromatic carbocycles. The number of benzene rings is 1. The molecule has 0 radical (unpaired) electrons. The Bertz CT molecular complexity index is 630. The van der Waals surface area contributed by atoms with Gasteiger partial charge in [-0.25, -0.2) is 13.2 Å². The highest BCUT2D eigenvalue weighted by Gasteiger charge is 2.30. The number of amides is 1. The molecule has 0 unspecified atom stereocenters. The van der Waals surface area contributed by atoms with Crippen LogP contribution in [0.3, 0.4) is 0 Å². The Hall–Kier alpha value is -1.60. The van der Waals surface area contributed by atoms with Crippen molar-refractivity contribution in [2.75, 3.05) is 26.2 Å². The molecule has 128 valence electrons. The third-order valence-corrected chi connectivity index (χ3v) is 5.33. The highest BCUT2D eigenvalue weighted by Crippen LogP contribution is 2.16. The Balaban J connectivity index is 1.92. The van der Waals surface area contributed by atoms with Gasteiger partial charge in [-0.1, -0.05) is 30.3 Å². The van der Waals surface area contributed by atoms with E-state index in [-0.39, 0.29) is 5.75 Å². The Kier molecular flexibility index (Phi) is 5.31. The number of ether oxygens (including phenoxy) is 1. The van der Waals surface area contributed by atoms with Crippen LogP contribution in [-0.2, 0) is 20.5 Å². The Morgan fingerprint density at radius 1 is 1.09 bits per heavy atom. The Morgan fingerprint density at radius 3 is 2.17 bits per heavy atom. The second-order valence-electron chi connectivity index (χ2n) is 6.61. The summed E-state index contributed by atoms with van der Waals surface area (Å²) in [6, 6.07) is 9.11. The molecule has 1 aliphatic heterocycles. The molecule has 0 atom stereocenters. The molecule has 1 saturated heterocycles. The van der Waals surface area contributed by atoms with Crippen LogP contribution in [-0.4, -0.2) is 55.5 Å². The number of nitrogens with zero attached hydrogens (tertiary/aromatic N) is 2. The van der Waals surface area contributed by atoms with E-state index in [1.54, 1.807) is 17.0 Å². The van der Waals surface area contributed by atoms with Crippen LogP contribution in [0.15, 0.2) is 30.3 Å². The summed E-state index contributed by atoms with van der Waals surface area (Å²) in [7, 11) is -3.37. The Labute approximate surface area is 138 Å². The summed E-state index contributed by atoms with van der Waals surface area (Å²) in [5, 5.41) is 0. The zero-order valence-corrected chi connectivity index (χ0v) is 14.7. The van der Waals surface area contributed by atoms with E-state index in [0.717, 1.165) is 5.56 Å². The van der Waals surface area contributed by atoms with Crippen LogP contribution in [0.2, 0.25) is 0 Å². The minimum atomic E-state index is -3.37. The van der Waals surface area contributed by atoms with Crippen LogP contribution in [0.1, 0.15) is 26.3 Å². The normalized spacial score (nSPS) is 17.1. The number of carbonyl (C=O) groups is 1. The van der Waals surface area contributed by atoms with E-state index in [2.05, 4.69) is 0 Å². The van der Waals surface area contributed by atoms with Crippen molar-refractivity contribution in [3.63, 3.8) is 0 Å². The highest BCUT2D eigenvalue weighted by atomic mass is 32.2. The van der Waals surface area contributed by atoms with Gasteiger partial charge in [-0.3, -0.25) is 0 Å². The zero-order valence-electron chi connectivity index (χ0n) is 13.9. The second kappa shape index (κ2) is 6.88. The third kappa shape index (κ3) is 5.21. The molecule has 0 aliphatic carbocycles. The van der Waals surface area contributed by atoms with Crippen molar-refractivity contribution in [2.24, 2.45) is 0 Å². The number of hydrogen-bond acceptors (Lipinski definition) is 4. The topological polar surface area (TPSA) is 66.9 Å². The van der Waals surface area contributed by atoms with Gasteiger partial charge < -0.3 is 9.64 Å². The summed E-state index contributed by atoms with van der Waals surface area (Å²) in [5.41, 5.74) is 0.218. The van der Waals surface area contributed by atoms with Gasteiger partial charge in [0.25, 0.3) is 0 Å². The highest BCUT2D eigenvalue weighted by molar-refractivity contribution is 7.88.